The number of aliphatic hydroxyl groups is 1. The first kappa shape index (κ1) is 14.0. The molecule has 1 saturated heterocycles. The number of methoxy groups -OCH3 is 1. The number of nitrogens with zero attached hydrogens (tertiary/aromatic N) is 1. The van der Waals surface area contributed by atoms with E-state index in [2.05, 4.69) is 4.74 Å². The molecule has 2 aliphatic rings. The third kappa shape index (κ3) is 2.78. The second kappa shape index (κ2) is 5.28. The van der Waals surface area contributed by atoms with E-state index in [-0.39, 0.29) is 23.8 Å². The Hall–Kier alpha value is -1.43. The van der Waals surface area contributed by atoms with Crippen LogP contribution in [0.5, 0.6) is 0 Å². The van der Waals surface area contributed by atoms with Gasteiger partial charge in [0.1, 0.15) is 0 Å². The Labute approximate surface area is 111 Å². The van der Waals surface area contributed by atoms with Crippen LogP contribution < -0.4 is 0 Å². The van der Waals surface area contributed by atoms with Gasteiger partial charge in [0, 0.05) is 12.8 Å². The van der Waals surface area contributed by atoms with Crippen molar-refractivity contribution in [1.29, 1.82) is 0 Å². The van der Waals surface area contributed by atoms with Crippen LogP contribution in [0.4, 0.5) is 0 Å². The lowest BCUT2D eigenvalue weighted by molar-refractivity contribution is -0.159. The van der Waals surface area contributed by atoms with Crippen molar-refractivity contribution in [3.05, 3.63) is 0 Å². The lowest BCUT2D eigenvalue weighted by Crippen LogP contribution is -2.51. The lowest BCUT2D eigenvalue weighted by Gasteiger charge is -2.37. The molecule has 0 aromatic heterocycles. The molecule has 1 unspecified atom stereocenters. The van der Waals surface area contributed by atoms with Crippen molar-refractivity contribution < 1.29 is 24.2 Å². The largest absolute Gasteiger partial charge is 0.467 e. The van der Waals surface area contributed by atoms with E-state index in [0.29, 0.717) is 12.8 Å². The fourth-order valence-corrected chi connectivity index (χ4v) is 3.10. The molecule has 1 aliphatic heterocycles. The maximum absolute atomic E-state index is 12.1. The van der Waals surface area contributed by atoms with Crippen LogP contribution in [0.15, 0.2) is 0 Å². The van der Waals surface area contributed by atoms with Gasteiger partial charge < -0.3 is 9.84 Å². The maximum atomic E-state index is 12.1. The summed E-state index contributed by atoms with van der Waals surface area (Å²) in [6.07, 6.45) is 3.17. The molecular weight excluding hydrogens is 250 g/mol. The van der Waals surface area contributed by atoms with Gasteiger partial charge in [0.05, 0.1) is 13.7 Å². The fraction of sp³-hybridized carbons (Fsp3) is 0.769. The summed E-state index contributed by atoms with van der Waals surface area (Å²) in [7, 11) is 1.15. The molecule has 6 nitrogen and oxygen atoms in total. The normalized spacial score (nSPS) is 23.8. The van der Waals surface area contributed by atoms with Crippen molar-refractivity contribution >= 4 is 17.8 Å². The number of esters is 1. The Bertz CT molecular complexity index is 380. The van der Waals surface area contributed by atoms with Crippen molar-refractivity contribution in [2.75, 3.05) is 13.7 Å². The molecule has 19 heavy (non-hydrogen) atoms. The molecule has 1 spiro atoms. The van der Waals surface area contributed by atoms with Crippen molar-refractivity contribution in [2.24, 2.45) is 5.41 Å². The summed E-state index contributed by atoms with van der Waals surface area (Å²) in [4.78, 5) is 36.2. The SMILES string of the molecule is COC(=O)C(O)CN1C(=O)CC2(CCCC2)CC1=O. The Balaban J connectivity index is 2.02. The molecule has 1 aliphatic carbocycles. The summed E-state index contributed by atoms with van der Waals surface area (Å²) in [6.45, 7) is -0.305. The van der Waals surface area contributed by atoms with Gasteiger partial charge in [0.25, 0.3) is 0 Å². The van der Waals surface area contributed by atoms with Gasteiger partial charge in [-0.25, -0.2) is 4.79 Å². The summed E-state index contributed by atoms with van der Waals surface area (Å²) in [6, 6.07) is 0. The van der Waals surface area contributed by atoms with Crippen molar-refractivity contribution in [1.82, 2.24) is 4.90 Å². The molecule has 0 aromatic carbocycles. The number of ether oxygens (including phenoxy) is 1. The molecule has 2 fully saturated rings. The highest BCUT2D eigenvalue weighted by atomic mass is 16.5. The summed E-state index contributed by atoms with van der Waals surface area (Å²) in [5, 5.41) is 9.54. The number of aliphatic hydroxyl groups excluding tert-OH is 1. The molecule has 2 rings (SSSR count). The van der Waals surface area contributed by atoms with E-state index in [1.54, 1.807) is 0 Å². The van der Waals surface area contributed by atoms with Gasteiger partial charge in [-0.05, 0) is 18.3 Å². The van der Waals surface area contributed by atoms with E-state index in [1.807, 2.05) is 0 Å². The third-order valence-corrected chi connectivity index (χ3v) is 4.15. The van der Waals surface area contributed by atoms with E-state index in [0.717, 1.165) is 37.7 Å². The Morgan fingerprint density at radius 3 is 2.32 bits per heavy atom. The fourth-order valence-electron chi connectivity index (χ4n) is 3.10. The highest BCUT2D eigenvalue weighted by Crippen LogP contribution is 2.46. The van der Waals surface area contributed by atoms with Crippen LogP contribution in [0.2, 0.25) is 0 Å². The maximum Gasteiger partial charge on any atom is 0.336 e. The van der Waals surface area contributed by atoms with Crippen LogP contribution in [0.25, 0.3) is 0 Å². The standard InChI is InChI=1S/C13H19NO5/c1-19-12(18)9(15)8-14-10(16)6-13(7-11(14)17)4-2-3-5-13/h9,15H,2-8H2,1H3. The number of amides is 2. The van der Waals surface area contributed by atoms with Crippen LogP contribution in [0.3, 0.4) is 0 Å². The van der Waals surface area contributed by atoms with Gasteiger partial charge in [-0.2, -0.15) is 0 Å². The highest BCUT2D eigenvalue weighted by Gasteiger charge is 2.45. The van der Waals surface area contributed by atoms with Gasteiger partial charge in [0.2, 0.25) is 11.8 Å². The topological polar surface area (TPSA) is 83.9 Å². The monoisotopic (exact) mass is 269 g/mol. The van der Waals surface area contributed by atoms with Crippen LogP contribution in [-0.2, 0) is 19.1 Å². The Morgan fingerprint density at radius 1 is 1.32 bits per heavy atom. The molecule has 1 atom stereocenters. The highest BCUT2D eigenvalue weighted by molar-refractivity contribution is 5.99. The first-order chi connectivity index (χ1) is 8.97. The van der Waals surface area contributed by atoms with E-state index in [4.69, 9.17) is 0 Å². The quantitative estimate of drug-likeness (QED) is 0.585. The molecule has 1 saturated carbocycles. The number of hydrogen-bond donors (Lipinski definition) is 1. The average Bonchev–Trinajstić information content (AvgIpc) is 2.80. The van der Waals surface area contributed by atoms with Gasteiger partial charge in [-0.1, -0.05) is 12.8 Å². The van der Waals surface area contributed by atoms with Crippen LogP contribution >= 0.6 is 0 Å². The molecule has 1 heterocycles. The van der Waals surface area contributed by atoms with E-state index in [9.17, 15) is 19.5 Å². The number of carbonyl (C=O) groups excluding carboxylic acids is 3. The molecule has 6 heteroatoms. The summed E-state index contributed by atoms with van der Waals surface area (Å²) >= 11 is 0. The second-order valence-electron chi connectivity index (χ2n) is 5.50. The van der Waals surface area contributed by atoms with Crippen LogP contribution in [0.1, 0.15) is 38.5 Å². The van der Waals surface area contributed by atoms with E-state index >= 15 is 0 Å². The molecule has 2 amide bonds. The molecule has 0 aromatic rings. The van der Waals surface area contributed by atoms with Gasteiger partial charge in [-0.15, -0.1) is 0 Å². The zero-order valence-electron chi connectivity index (χ0n) is 11.1. The van der Waals surface area contributed by atoms with Crippen LogP contribution in [0, 0.1) is 5.41 Å². The summed E-state index contributed by atoms with van der Waals surface area (Å²) in [5.41, 5.74) is -0.166. The summed E-state index contributed by atoms with van der Waals surface area (Å²) < 4.78 is 4.38. The first-order valence-corrected chi connectivity index (χ1v) is 6.56. The predicted molar refractivity (Wildman–Crippen MR) is 64.9 cm³/mol. The number of β-amino-alcohol motifs (C(OH)–C–C–N with tert-alkyl or cyclic N) is 1. The van der Waals surface area contributed by atoms with E-state index < -0.39 is 12.1 Å². The molecule has 106 valence electrons. The molecular formula is C13H19NO5. The average molecular weight is 269 g/mol. The smallest absolute Gasteiger partial charge is 0.336 e. The molecule has 0 radical (unpaired) electrons. The minimum Gasteiger partial charge on any atom is -0.467 e. The van der Waals surface area contributed by atoms with Gasteiger partial charge >= 0.3 is 5.97 Å². The van der Waals surface area contributed by atoms with Gasteiger partial charge in [-0.3, -0.25) is 14.5 Å². The number of piperidine rings is 1. The predicted octanol–water partition coefficient (Wildman–Crippen LogP) is 0.230. The molecule has 0 bridgehead atoms. The van der Waals surface area contributed by atoms with Crippen molar-refractivity contribution in [3.8, 4) is 0 Å². The molecule has 1 N–H and O–H groups in total. The first-order valence-electron chi connectivity index (χ1n) is 6.56. The number of imide groups is 1. The van der Waals surface area contributed by atoms with E-state index in [1.165, 1.54) is 0 Å². The number of rotatable bonds is 3. The lowest BCUT2D eigenvalue weighted by atomic mass is 9.76. The zero-order chi connectivity index (χ0) is 14.0. The third-order valence-electron chi connectivity index (χ3n) is 4.15. The van der Waals surface area contributed by atoms with Crippen molar-refractivity contribution in [2.45, 2.75) is 44.6 Å². The van der Waals surface area contributed by atoms with Crippen molar-refractivity contribution in [3.63, 3.8) is 0 Å². The zero-order valence-corrected chi connectivity index (χ0v) is 11.1. The van der Waals surface area contributed by atoms with Crippen LogP contribution in [-0.4, -0.2) is 47.5 Å². The number of likely N-dealkylation sites (tertiary alicyclic amines) is 1. The Kier molecular flexibility index (Phi) is 3.89. The second-order valence-corrected chi connectivity index (χ2v) is 5.50. The minimum atomic E-state index is -1.46. The number of hydrogen-bond acceptors (Lipinski definition) is 5. The Morgan fingerprint density at radius 2 is 1.84 bits per heavy atom. The number of carbonyl (C=O) groups is 3. The van der Waals surface area contributed by atoms with Gasteiger partial charge in [0.15, 0.2) is 6.10 Å². The summed E-state index contributed by atoms with van der Waals surface area (Å²) in [5.74, 6) is -1.41. The minimum absolute atomic E-state index is 0.166.